The molecule has 3 aromatic rings. The van der Waals surface area contributed by atoms with Crippen LogP contribution in [0.4, 0.5) is 5.69 Å². The molecule has 0 spiro atoms. The molecule has 32 heavy (non-hydrogen) atoms. The summed E-state index contributed by atoms with van der Waals surface area (Å²) < 4.78 is 6.57. The highest BCUT2D eigenvalue weighted by atomic mass is 79.9. The molecule has 1 fully saturated rings. The predicted molar refractivity (Wildman–Crippen MR) is 126 cm³/mol. The summed E-state index contributed by atoms with van der Waals surface area (Å²) in [7, 11) is 0. The second-order valence-corrected chi connectivity index (χ2v) is 8.35. The second-order valence-electron chi connectivity index (χ2n) is 6.64. The number of nitrogens with one attached hydrogen (secondary N) is 1. The van der Waals surface area contributed by atoms with Crippen molar-refractivity contribution in [2.75, 3.05) is 4.90 Å². The Morgan fingerprint density at radius 1 is 1.12 bits per heavy atom. The Kier molecular flexibility index (Phi) is 5.96. The van der Waals surface area contributed by atoms with Crippen LogP contribution < -0.4 is 10.2 Å². The van der Waals surface area contributed by atoms with Crippen LogP contribution in [0.15, 0.2) is 69.1 Å². The fourth-order valence-corrected chi connectivity index (χ4v) is 3.86. The van der Waals surface area contributed by atoms with Gasteiger partial charge in [-0.3, -0.25) is 19.8 Å². The van der Waals surface area contributed by atoms with Gasteiger partial charge in [-0.25, -0.2) is 4.79 Å². The summed E-state index contributed by atoms with van der Waals surface area (Å²) in [6.07, 6.45) is 1.32. The molecule has 10 heteroatoms. The number of furan rings is 1. The van der Waals surface area contributed by atoms with E-state index in [4.69, 9.17) is 33.3 Å². The quantitative estimate of drug-likeness (QED) is 0.282. The van der Waals surface area contributed by atoms with E-state index in [0.717, 1.165) is 4.47 Å². The SMILES string of the molecule is O=C1NC(=S)N(c2ccc(Br)cc2)C(=O)/C1=C\c1ccc(-c2ccc(C(=O)O)c(Cl)c2)o1. The average molecular weight is 532 g/mol. The summed E-state index contributed by atoms with van der Waals surface area (Å²) in [5.41, 5.74) is 0.864. The zero-order chi connectivity index (χ0) is 23.0. The maximum atomic E-state index is 13.0. The number of nitrogens with zero attached hydrogens (tertiary/aromatic N) is 1. The van der Waals surface area contributed by atoms with Crippen LogP contribution in [0.5, 0.6) is 0 Å². The summed E-state index contributed by atoms with van der Waals surface area (Å²) in [5.74, 6) is -1.73. The maximum absolute atomic E-state index is 13.0. The average Bonchev–Trinajstić information content (AvgIpc) is 3.21. The Hall–Kier alpha value is -3.27. The molecule has 160 valence electrons. The molecule has 0 aliphatic carbocycles. The third-order valence-electron chi connectivity index (χ3n) is 4.58. The molecule has 1 saturated heterocycles. The van der Waals surface area contributed by atoms with Gasteiger partial charge in [0.05, 0.1) is 16.3 Å². The van der Waals surface area contributed by atoms with Crippen LogP contribution in [0.2, 0.25) is 5.02 Å². The third kappa shape index (κ3) is 4.22. The van der Waals surface area contributed by atoms with Crippen LogP contribution in [-0.2, 0) is 9.59 Å². The number of carboxylic acid groups (broad SMARTS) is 1. The first-order valence-corrected chi connectivity index (χ1v) is 10.6. The summed E-state index contributed by atoms with van der Waals surface area (Å²) in [6.45, 7) is 0. The molecule has 0 atom stereocenters. The molecule has 1 aliphatic heterocycles. The molecule has 0 radical (unpaired) electrons. The molecule has 1 aromatic heterocycles. The van der Waals surface area contributed by atoms with Crippen molar-refractivity contribution in [3.8, 4) is 11.3 Å². The van der Waals surface area contributed by atoms with E-state index in [1.165, 1.54) is 23.1 Å². The molecule has 2 heterocycles. The van der Waals surface area contributed by atoms with Crippen LogP contribution >= 0.6 is 39.7 Å². The van der Waals surface area contributed by atoms with E-state index in [9.17, 15) is 14.4 Å². The van der Waals surface area contributed by atoms with Gasteiger partial charge in [-0.1, -0.05) is 33.6 Å². The fraction of sp³-hybridized carbons (Fsp3) is 0. The highest BCUT2D eigenvalue weighted by molar-refractivity contribution is 9.10. The van der Waals surface area contributed by atoms with Gasteiger partial charge in [0, 0.05) is 10.0 Å². The second kappa shape index (κ2) is 8.70. The van der Waals surface area contributed by atoms with Gasteiger partial charge < -0.3 is 9.52 Å². The van der Waals surface area contributed by atoms with Gasteiger partial charge in [0.15, 0.2) is 5.11 Å². The van der Waals surface area contributed by atoms with Gasteiger partial charge in [-0.2, -0.15) is 0 Å². The number of amides is 2. The topological polar surface area (TPSA) is 99.9 Å². The number of hydrogen-bond donors (Lipinski definition) is 2. The van der Waals surface area contributed by atoms with Crippen LogP contribution in [0.25, 0.3) is 17.4 Å². The van der Waals surface area contributed by atoms with Gasteiger partial charge in [-0.05, 0) is 66.8 Å². The normalized spacial score (nSPS) is 15.2. The lowest BCUT2D eigenvalue weighted by molar-refractivity contribution is -0.122. The molecule has 1 aliphatic rings. The molecule has 4 rings (SSSR count). The lowest BCUT2D eigenvalue weighted by Gasteiger charge is -2.28. The van der Waals surface area contributed by atoms with Gasteiger partial charge in [0.1, 0.15) is 17.1 Å². The van der Waals surface area contributed by atoms with E-state index in [1.807, 2.05) is 0 Å². The van der Waals surface area contributed by atoms with Crippen molar-refractivity contribution in [3.63, 3.8) is 0 Å². The molecular weight excluding hydrogens is 520 g/mol. The van der Waals surface area contributed by atoms with E-state index >= 15 is 0 Å². The number of anilines is 1. The van der Waals surface area contributed by atoms with Crippen LogP contribution in [0, 0.1) is 0 Å². The number of carbonyl (C=O) groups is 3. The van der Waals surface area contributed by atoms with Gasteiger partial charge in [0.25, 0.3) is 11.8 Å². The molecule has 2 amide bonds. The van der Waals surface area contributed by atoms with E-state index in [1.54, 1.807) is 42.5 Å². The highest BCUT2D eigenvalue weighted by Crippen LogP contribution is 2.29. The molecule has 2 aromatic carbocycles. The van der Waals surface area contributed by atoms with Gasteiger partial charge in [-0.15, -0.1) is 0 Å². The number of aromatic carboxylic acids is 1. The van der Waals surface area contributed by atoms with Crippen molar-refractivity contribution in [2.45, 2.75) is 0 Å². The molecule has 7 nitrogen and oxygen atoms in total. The Morgan fingerprint density at radius 2 is 1.84 bits per heavy atom. The molecule has 0 saturated carbocycles. The van der Waals surface area contributed by atoms with E-state index in [-0.39, 0.29) is 27.0 Å². The number of carboxylic acids is 1. The zero-order valence-electron chi connectivity index (χ0n) is 16.0. The van der Waals surface area contributed by atoms with Crippen LogP contribution in [-0.4, -0.2) is 28.0 Å². The van der Waals surface area contributed by atoms with Crippen molar-refractivity contribution in [3.05, 3.63) is 81.0 Å². The molecule has 2 N–H and O–H groups in total. The minimum Gasteiger partial charge on any atom is -0.478 e. The van der Waals surface area contributed by atoms with Gasteiger partial charge in [0.2, 0.25) is 0 Å². The van der Waals surface area contributed by atoms with Crippen molar-refractivity contribution in [1.82, 2.24) is 5.32 Å². The summed E-state index contributed by atoms with van der Waals surface area (Å²) in [6, 6.07) is 14.5. The van der Waals surface area contributed by atoms with Crippen molar-refractivity contribution < 1.29 is 23.9 Å². The van der Waals surface area contributed by atoms with Crippen molar-refractivity contribution in [2.24, 2.45) is 0 Å². The number of carbonyl (C=O) groups excluding carboxylic acids is 2. The number of benzene rings is 2. The van der Waals surface area contributed by atoms with Crippen LogP contribution in [0.1, 0.15) is 16.1 Å². The molecular formula is C22H12BrClN2O5S. The fourth-order valence-electron chi connectivity index (χ4n) is 3.05. The maximum Gasteiger partial charge on any atom is 0.337 e. The first-order chi connectivity index (χ1) is 15.2. The zero-order valence-corrected chi connectivity index (χ0v) is 19.1. The highest BCUT2D eigenvalue weighted by Gasteiger charge is 2.34. The lowest BCUT2D eigenvalue weighted by atomic mass is 10.1. The monoisotopic (exact) mass is 530 g/mol. The first kappa shape index (κ1) is 21.9. The van der Waals surface area contributed by atoms with E-state index in [0.29, 0.717) is 17.0 Å². The number of rotatable bonds is 4. The Balaban J connectivity index is 1.65. The molecule has 0 bridgehead atoms. The first-order valence-electron chi connectivity index (χ1n) is 9.04. The minimum absolute atomic E-state index is 0.0206. The number of hydrogen-bond acceptors (Lipinski definition) is 5. The summed E-state index contributed by atoms with van der Waals surface area (Å²) >= 11 is 14.5. The molecule has 0 unspecified atom stereocenters. The van der Waals surface area contributed by atoms with Crippen molar-refractivity contribution >= 4 is 74.4 Å². The summed E-state index contributed by atoms with van der Waals surface area (Å²) in [5, 5.41) is 11.6. The van der Waals surface area contributed by atoms with Crippen LogP contribution in [0.3, 0.4) is 0 Å². The van der Waals surface area contributed by atoms with Crippen molar-refractivity contribution in [1.29, 1.82) is 0 Å². The van der Waals surface area contributed by atoms with E-state index in [2.05, 4.69) is 21.2 Å². The smallest absolute Gasteiger partial charge is 0.337 e. The minimum atomic E-state index is -1.14. The number of halogens is 2. The largest absolute Gasteiger partial charge is 0.478 e. The standard InChI is InChI=1S/C22H12BrClN2O5S/c23-12-2-4-13(5-3-12)26-20(28)16(19(27)25-22(26)32)10-14-6-8-18(31-14)11-1-7-15(21(29)30)17(24)9-11/h1-10H,(H,29,30)(H,25,27,32)/b16-10-. The van der Waals surface area contributed by atoms with Gasteiger partial charge >= 0.3 is 5.97 Å². The summed E-state index contributed by atoms with van der Waals surface area (Å²) in [4.78, 5) is 37.8. The van der Waals surface area contributed by atoms with E-state index < -0.39 is 17.8 Å². The Morgan fingerprint density at radius 3 is 2.50 bits per heavy atom. The number of thiocarbonyl (C=S) groups is 1. The Labute approximate surface area is 200 Å². The Bertz CT molecular complexity index is 1320. The lowest BCUT2D eigenvalue weighted by Crippen LogP contribution is -2.54. The predicted octanol–water partition coefficient (Wildman–Crippen LogP) is 4.89. The third-order valence-corrected chi connectivity index (χ3v) is 5.71.